The maximum atomic E-state index is 6.58. The van der Waals surface area contributed by atoms with E-state index in [4.69, 9.17) is 14.4 Å². The molecular formula is C56H47N3O. The zero-order valence-electron chi connectivity index (χ0n) is 34.6. The van der Waals surface area contributed by atoms with Gasteiger partial charge in [0.25, 0.3) is 0 Å². The van der Waals surface area contributed by atoms with Gasteiger partial charge in [0, 0.05) is 50.0 Å². The van der Waals surface area contributed by atoms with Crippen molar-refractivity contribution >= 4 is 62.3 Å². The Morgan fingerprint density at radius 2 is 1.27 bits per heavy atom. The summed E-state index contributed by atoms with van der Waals surface area (Å²) in [4.78, 5) is 10.2. The van der Waals surface area contributed by atoms with Gasteiger partial charge in [0.2, 0.25) is 0 Å². The molecule has 0 unspecified atom stereocenters. The topological polar surface area (TPSA) is 42.8 Å². The number of aliphatic imine (C=N–C) groups is 2. The molecule has 4 heteroatoms. The van der Waals surface area contributed by atoms with Gasteiger partial charge in [0.15, 0.2) is 5.84 Å². The van der Waals surface area contributed by atoms with Crippen LogP contribution in [0.5, 0.6) is 0 Å². The van der Waals surface area contributed by atoms with Crippen LogP contribution >= 0.6 is 0 Å². The molecule has 0 aliphatic rings. The van der Waals surface area contributed by atoms with Gasteiger partial charge >= 0.3 is 0 Å². The van der Waals surface area contributed by atoms with Crippen LogP contribution in [0, 0.1) is 20.8 Å². The first kappa shape index (κ1) is 39.3. The molecule has 0 bridgehead atoms. The average Bonchev–Trinajstić information content (AvgIpc) is 3.79. The predicted molar refractivity (Wildman–Crippen MR) is 256 cm³/mol. The van der Waals surface area contributed by atoms with E-state index in [0.717, 1.165) is 49.6 Å². The van der Waals surface area contributed by atoms with Gasteiger partial charge < -0.3 is 8.98 Å². The molecule has 60 heavy (non-hydrogen) atoms. The molecule has 0 spiro atoms. The molecule has 0 saturated heterocycles. The van der Waals surface area contributed by atoms with Crippen LogP contribution < -0.4 is 10.6 Å². The number of rotatable bonds is 7. The van der Waals surface area contributed by atoms with Crippen molar-refractivity contribution in [2.24, 2.45) is 9.98 Å². The smallest absolute Gasteiger partial charge is 0.160 e. The number of aryl methyl sites for hydroxylation is 3. The molecule has 7 aromatic carbocycles. The maximum absolute atomic E-state index is 6.58. The number of aromatic nitrogens is 1. The van der Waals surface area contributed by atoms with Crippen LogP contribution in [0.15, 0.2) is 203 Å². The highest BCUT2D eigenvalue weighted by Crippen LogP contribution is 2.39. The second-order valence-electron chi connectivity index (χ2n) is 14.9. The molecule has 0 atom stereocenters. The Hall–Kier alpha value is -7.56. The third-order valence-electron chi connectivity index (χ3n) is 10.8. The molecule has 0 radical (unpaired) electrons. The summed E-state index contributed by atoms with van der Waals surface area (Å²) < 4.78 is 8.91. The first-order valence-corrected chi connectivity index (χ1v) is 20.2. The SMILES string of the molecule is C=C/C=c1/oc2cccc(C(=C)N=C(N=C(C)c3ccccc3)c3ccccc3)c2/c1=C/n1c2ccccc2c2ccc(C)c(-c3ccccc3C)c21.Cc1ccccc1. The maximum Gasteiger partial charge on any atom is 0.160 e. The number of para-hydroxylation sites is 1. The summed E-state index contributed by atoms with van der Waals surface area (Å²) in [7, 11) is 0. The summed E-state index contributed by atoms with van der Waals surface area (Å²) in [5.74, 6) is 0.585. The Balaban J connectivity index is 0.000000648. The van der Waals surface area contributed by atoms with Crippen LogP contribution in [0.1, 0.15) is 40.3 Å². The standard InChI is InChI=1S/C49H39N3O.C7H8/c1-6-18-44-42(31-52-43-27-16-15-25-40(43)41-30-29-33(3)46(48(41)52)38-24-14-13-19-32(38)2)47-39(26-17-28-45(47)53-44)35(5)51-49(37-22-11-8-12-23-37)50-34(4)36-20-9-7-10-21-36;1-7-5-3-2-4-6-7/h6-31H,1,5H2,2-4H3;2-6H,1H3/b42-31+,44-18+,50-34?,51-49?;. The minimum Gasteiger partial charge on any atom is -0.456 e. The fourth-order valence-corrected chi connectivity index (χ4v) is 7.80. The molecule has 4 nitrogen and oxygen atoms in total. The number of benzene rings is 7. The zero-order chi connectivity index (χ0) is 41.6. The molecule has 2 heterocycles. The van der Waals surface area contributed by atoms with Gasteiger partial charge in [0.05, 0.1) is 16.7 Å². The van der Waals surface area contributed by atoms with Crippen molar-refractivity contribution in [3.8, 4) is 11.1 Å². The van der Waals surface area contributed by atoms with E-state index >= 15 is 0 Å². The van der Waals surface area contributed by atoms with Crippen LogP contribution in [-0.4, -0.2) is 16.1 Å². The van der Waals surface area contributed by atoms with Crippen LogP contribution in [0.4, 0.5) is 0 Å². The summed E-state index contributed by atoms with van der Waals surface area (Å²) in [6, 6.07) is 58.2. The third-order valence-corrected chi connectivity index (χ3v) is 10.8. The predicted octanol–water partition coefficient (Wildman–Crippen LogP) is 13.0. The van der Waals surface area contributed by atoms with E-state index in [0.29, 0.717) is 16.9 Å². The molecule has 0 fully saturated rings. The number of allylic oxidation sites excluding steroid dienone is 1. The number of hydrogen-bond acceptors (Lipinski definition) is 2. The quantitative estimate of drug-likeness (QED) is 0.117. The van der Waals surface area contributed by atoms with E-state index in [9.17, 15) is 0 Å². The molecule has 0 aliphatic heterocycles. The second-order valence-corrected chi connectivity index (χ2v) is 14.9. The van der Waals surface area contributed by atoms with E-state index in [1.165, 1.54) is 38.6 Å². The molecule has 0 amide bonds. The van der Waals surface area contributed by atoms with Crippen LogP contribution in [-0.2, 0) is 0 Å². The van der Waals surface area contributed by atoms with Crippen molar-refractivity contribution in [1.29, 1.82) is 0 Å². The lowest BCUT2D eigenvalue weighted by Crippen LogP contribution is -2.22. The van der Waals surface area contributed by atoms with Crippen LogP contribution in [0.2, 0.25) is 0 Å². The Morgan fingerprint density at radius 1 is 0.617 bits per heavy atom. The minimum atomic E-state index is 0.582. The Morgan fingerprint density at radius 3 is 1.95 bits per heavy atom. The third kappa shape index (κ3) is 7.96. The molecule has 0 aliphatic carbocycles. The van der Waals surface area contributed by atoms with E-state index in [-0.39, 0.29) is 0 Å². The summed E-state index contributed by atoms with van der Waals surface area (Å²) >= 11 is 0. The number of hydrogen-bond donors (Lipinski definition) is 0. The Kier molecular flexibility index (Phi) is 11.5. The summed E-state index contributed by atoms with van der Waals surface area (Å²) in [5.41, 5.74) is 14.1. The van der Waals surface area contributed by atoms with E-state index in [1.54, 1.807) is 6.08 Å². The molecule has 0 saturated carbocycles. The highest BCUT2D eigenvalue weighted by Gasteiger charge is 2.19. The highest BCUT2D eigenvalue weighted by molar-refractivity contribution is 6.15. The van der Waals surface area contributed by atoms with Gasteiger partial charge in [-0.25, -0.2) is 9.98 Å². The van der Waals surface area contributed by atoms with Crippen molar-refractivity contribution in [2.75, 3.05) is 0 Å². The summed E-state index contributed by atoms with van der Waals surface area (Å²) in [6.07, 6.45) is 5.90. The lowest BCUT2D eigenvalue weighted by Gasteiger charge is -2.13. The molecule has 0 N–H and O–H groups in total. The monoisotopic (exact) mass is 777 g/mol. The van der Waals surface area contributed by atoms with Gasteiger partial charge in [-0.3, -0.25) is 0 Å². The van der Waals surface area contributed by atoms with Gasteiger partial charge in [-0.15, -0.1) is 0 Å². The summed E-state index contributed by atoms with van der Waals surface area (Å²) in [6.45, 7) is 17.0. The molecule has 9 rings (SSSR count). The van der Waals surface area contributed by atoms with Gasteiger partial charge in [-0.05, 0) is 68.2 Å². The first-order chi connectivity index (χ1) is 29.3. The van der Waals surface area contributed by atoms with Crippen LogP contribution in [0.25, 0.3) is 61.9 Å². The normalized spacial score (nSPS) is 12.5. The number of furan rings is 1. The Bertz CT molecular complexity index is 3200. The first-order valence-electron chi connectivity index (χ1n) is 20.2. The van der Waals surface area contributed by atoms with Gasteiger partial charge in [0.1, 0.15) is 11.0 Å². The van der Waals surface area contributed by atoms with Crippen LogP contribution in [0.3, 0.4) is 0 Å². The second kappa shape index (κ2) is 17.5. The van der Waals surface area contributed by atoms with E-state index in [2.05, 4.69) is 136 Å². The minimum absolute atomic E-state index is 0.582. The highest BCUT2D eigenvalue weighted by atomic mass is 16.3. The van der Waals surface area contributed by atoms with Crippen molar-refractivity contribution in [3.05, 3.63) is 233 Å². The van der Waals surface area contributed by atoms with Crippen molar-refractivity contribution < 1.29 is 4.42 Å². The van der Waals surface area contributed by atoms with Crippen molar-refractivity contribution in [2.45, 2.75) is 27.7 Å². The number of fused-ring (bicyclic) bond motifs is 4. The van der Waals surface area contributed by atoms with Gasteiger partial charge in [-0.2, -0.15) is 0 Å². The lowest BCUT2D eigenvalue weighted by molar-refractivity contribution is 0.575. The number of nitrogens with zero attached hydrogens (tertiary/aromatic N) is 3. The fourth-order valence-electron chi connectivity index (χ4n) is 7.80. The number of amidine groups is 1. The molecule has 2 aromatic heterocycles. The molecular weight excluding hydrogens is 731 g/mol. The zero-order valence-corrected chi connectivity index (χ0v) is 34.6. The van der Waals surface area contributed by atoms with Crippen molar-refractivity contribution in [1.82, 2.24) is 4.57 Å². The fraction of sp³-hybridized carbons (Fsp3) is 0.0714. The molecule has 9 aromatic rings. The van der Waals surface area contributed by atoms with Crippen molar-refractivity contribution in [3.63, 3.8) is 0 Å². The van der Waals surface area contributed by atoms with E-state index in [1.807, 2.05) is 91.9 Å². The molecule has 292 valence electrons. The largest absolute Gasteiger partial charge is 0.456 e. The lowest BCUT2D eigenvalue weighted by atomic mass is 9.94. The van der Waals surface area contributed by atoms with E-state index < -0.39 is 0 Å². The Labute approximate surface area is 351 Å². The average molecular weight is 778 g/mol. The van der Waals surface area contributed by atoms with Gasteiger partial charge in [-0.1, -0.05) is 183 Å². The summed E-state index contributed by atoms with van der Waals surface area (Å²) in [5, 5.41) is 4.21.